The van der Waals surface area contributed by atoms with Gasteiger partial charge in [-0.15, -0.1) is 0 Å². The average Bonchev–Trinajstić information content (AvgIpc) is 2.82. The van der Waals surface area contributed by atoms with Crippen LogP contribution in [0.15, 0.2) is 12.1 Å². The van der Waals surface area contributed by atoms with Crippen LogP contribution in [0.4, 0.5) is 18.7 Å². The summed E-state index contributed by atoms with van der Waals surface area (Å²) in [6, 6.07) is 3.08. The van der Waals surface area contributed by atoms with E-state index in [-0.39, 0.29) is 18.9 Å². The van der Waals surface area contributed by atoms with Gasteiger partial charge in [0.2, 0.25) is 5.92 Å². The maximum atomic E-state index is 13.1. The number of nitrogens with zero attached hydrogens (tertiary/aromatic N) is 2. The zero-order chi connectivity index (χ0) is 15.7. The summed E-state index contributed by atoms with van der Waals surface area (Å²) >= 11 is 1.29. The van der Waals surface area contributed by atoms with E-state index in [9.17, 15) is 13.6 Å². The minimum atomic E-state index is -2.59. The Kier molecular flexibility index (Phi) is 3.94. The van der Waals surface area contributed by atoms with E-state index in [1.54, 1.807) is 0 Å². The Morgan fingerprint density at radius 1 is 1.32 bits per heavy atom. The molecule has 1 aliphatic rings. The first kappa shape index (κ1) is 15.1. The maximum Gasteiger partial charge on any atom is 0.321 e. The number of hydrogen-bond acceptors (Lipinski definition) is 4. The molecule has 5 nitrogen and oxygen atoms in total. The van der Waals surface area contributed by atoms with Crippen molar-refractivity contribution in [3.63, 3.8) is 0 Å². The number of alkyl halides is 2. The Hall–Kier alpha value is -1.83. The summed E-state index contributed by atoms with van der Waals surface area (Å²) < 4.78 is 26.1. The molecule has 0 atom stereocenters. The summed E-state index contributed by atoms with van der Waals surface area (Å²) in [7, 11) is 0. The monoisotopic (exact) mass is 326 g/mol. The number of anilines is 1. The predicted octanol–water partition coefficient (Wildman–Crippen LogP) is 3.70. The Labute approximate surface area is 130 Å². The Morgan fingerprint density at radius 3 is 2.77 bits per heavy atom. The smallest absolute Gasteiger partial charge is 0.321 e. The van der Waals surface area contributed by atoms with Gasteiger partial charge in [0.1, 0.15) is 10.3 Å². The molecule has 22 heavy (non-hydrogen) atoms. The summed E-state index contributed by atoms with van der Waals surface area (Å²) in [6.45, 7) is 1.89. The predicted molar refractivity (Wildman–Crippen MR) is 81.5 cm³/mol. The van der Waals surface area contributed by atoms with Gasteiger partial charge >= 0.3 is 6.03 Å². The molecule has 2 heterocycles. The van der Waals surface area contributed by atoms with Crippen molar-refractivity contribution in [2.45, 2.75) is 44.6 Å². The van der Waals surface area contributed by atoms with Crippen molar-refractivity contribution in [2.75, 3.05) is 5.32 Å². The highest BCUT2D eigenvalue weighted by atomic mass is 32.1. The SMILES string of the molecule is Cc1ccc2nc(NC(=O)NC3CCC(F)(F)CC3)sc2n1. The molecule has 0 aromatic carbocycles. The number of carbonyl (C=O) groups excluding carboxylic acids is 1. The Morgan fingerprint density at radius 2 is 2.05 bits per heavy atom. The first-order chi connectivity index (χ1) is 10.4. The fraction of sp³-hybridized carbons (Fsp3) is 0.500. The molecule has 3 rings (SSSR count). The molecule has 2 aromatic rings. The van der Waals surface area contributed by atoms with Gasteiger partial charge < -0.3 is 5.32 Å². The van der Waals surface area contributed by atoms with Crippen LogP contribution >= 0.6 is 11.3 Å². The third-order valence-corrected chi connectivity index (χ3v) is 4.55. The van der Waals surface area contributed by atoms with Gasteiger partial charge in [0.15, 0.2) is 5.13 Å². The Balaban J connectivity index is 1.59. The van der Waals surface area contributed by atoms with E-state index in [1.165, 1.54) is 11.3 Å². The van der Waals surface area contributed by atoms with Crippen LogP contribution in [-0.2, 0) is 0 Å². The number of halogens is 2. The van der Waals surface area contributed by atoms with E-state index < -0.39 is 12.0 Å². The number of fused-ring (bicyclic) bond motifs is 1. The molecular formula is C14H16F2N4OS. The van der Waals surface area contributed by atoms with E-state index in [0.29, 0.717) is 18.0 Å². The van der Waals surface area contributed by atoms with Gasteiger partial charge in [-0.3, -0.25) is 5.32 Å². The molecule has 1 aliphatic carbocycles. The van der Waals surface area contributed by atoms with Gasteiger partial charge in [0, 0.05) is 24.6 Å². The van der Waals surface area contributed by atoms with Crippen molar-refractivity contribution in [2.24, 2.45) is 0 Å². The minimum Gasteiger partial charge on any atom is -0.335 e. The lowest BCUT2D eigenvalue weighted by atomic mass is 9.92. The van der Waals surface area contributed by atoms with Crippen LogP contribution in [-0.4, -0.2) is 28.0 Å². The molecule has 0 aliphatic heterocycles. The highest BCUT2D eigenvalue weighted by molar-refractivity contribution is 7.21. The lowest BCUT2D eigenvalue weighted by molar-refractivity contribution is -0.0394. The molecule has 1 fully saturated rings. The van der Waals surface area contributed by atoms with Crippen LogP contribution in [0.25, 0.3) is 10.3 Å². The van der Waals surface area contributed by atoms with Crippen LogP contribution in [0.1, 0.15) is 31.4 Å². The summed E-state index contributed by atoms with van der Waals surface area (Å²) in [6.07, 6.45) is 0.229. The zero-order valence-electron chi connectivity index (χ0n) is 12.0. The summed E-state index contributed by atoms with van der Waals surface area (Å²) in [5.41, 5.74) is 1.61. The van der Waals surface area contributed by atoms with Gasteiger partial charge in [0.25, 0.3) is 0 Å². The number of thiazole rings is 1. The molecular weight excluding hydrogens is 310 g/mol. The second-order valence-electron chi connectivity index (χ2n) is 5.52. The topological polar surface area (TPSA) is 66.9 Å². The molecule has 0 spiro atoms. The lowest BCUT2D eigenvalue weighted by Crippen LogP contribution is -2.42. The average molecular weight is 326 g/mol. The van der Waals surface area contributed by atoms with E-state index >= 15 is 0 Å². The molecule has 1 saturated carbocycles. The Bertz CT molecular complexity index is 693. The van der Waals surface area contributed by atoms with Crippen molar-refractivity contribution in [1.29, 1.82) is 0 Å². The number of amides is 2. The molecule has 2 N–H and O–H groups in total. The van der Waals surface area contributed by atoms with Crippen LogP contribution < -0.4 is 10.6 Å². The van der Waals surface area contributed by atoms with Crippen molar-refractivity contribution in [3.05, 3.63) is 17.8 Å². The molecule has 2 aromatic heterocycles. The molecule has 8 heteroatoms. The molecule has 2 amide bonds. The largest absolute Gasteiger partial charge is 0.335 e. The minimum absolute atomic E-state index is 0.178. The lowest BCUT2D eigenvalue weighted by Gasteiger charge is -2.28. The molecule has 0 unspecified atom stereocenters. The van der Waals surface area contributed by atoms with Gasteiger partial charge in [-0.25, -0.2) is 23.5 Å². The molecule has 0 saturated heterocycles. The second kappa shape index (κ2) is 5.75. The standard InChI is InChI=1S/C14H16F2N4OS/c1-8-2-3-10-11(17-8)22-13(19-10)20-12(21)18-9-4-6-14(15,16)7-5-9/h2-3,9H,4-7H2,1H3,(H2,18,19,20,21). The first-order valence-electron chi connectivity index (χ1n) is 7.11. The van der Waals surface area contributed by atoms with E-state index in [2.05, 4.69) is 20.6 Å². The van der Waals surface area contributed by atoms with E-state index in [4.69, 9.17) is 0 Å². The number of rotatable bonds is 2. The summed E-state index contributed by atoms with van der Waals surface area (Å²) in [4.78, 5) is 21.3. The number of carbonyl (C=O) groups is 1. The van der Waals surface area contributed by atoms with Crippen molar-refractivity contribution >= 4 is 32.8 Å². The van der Waals surface area contributed by atoms with Gasteiger partial charge in [-0.2, -0.15) is 0 Å². The van der Waals surface area contributed by atoms with Gasteiger partial charge in [0.05, 0.1) is 0 Å². The fourth-order valence-corrected chi connectivity index (χ4v) is 3.34. The number of urea groups is 1. The first-order valence-corrected chi connectivity index (χ1v) is 7.92. The number of aromatic nitrogens is 2. The normalized spacial score (nSPS) is 18.3. The molecule has 0 bridgehead atoms. The third kappa shape index (κ3) is 3.49. The highest BCUT2D eigenvalue weighted by Gasteiger charge is 2.35. The fourth-order valence-electron chi connectivity index (χ4n) is 2.47. The van der Waals surface area contributed by atoms with Gasteiger partial charge in [-0.1, -0.05) is 11.3 Å². The van der Waals surface area contributed by atoms with Crippen molar-refractivity contribution < 1.29 is 13.6 Å². The summed E-state index contributed by atoms with van der Waals surface area (Å²) in [5, 5.41) is 5.82. The van der Waals surface area contributed by atoms with Crippen LogP contribution in [0.3, 0.4) is 0 Å². The van der Waals surface area contributed by atoms with E-state index in [1.807, 2.05) is 19.1 Å². The third-order valence-electron chi connectivity index (χ3n) is 3.67. The zero-order valence-corrected chi connectivity index (χ0v) is 12.8. The summed E-state index contributed by atoms with van der Waals surface area (Å²) in [5.74, 6) is -2.59. The van der Waals surface area contributed by atoms with E-state index in [0.717, 1.165) is 16.0 Å². The quantitative estimate of drug-likeness (QED) is 0.884. The maximum absolute atomic E-state index is 13.1. The number of nitrogens with one attached hydrogen (secondary N) is 2. The number of aryl methyl sites for hydroxylation is 1. The number of hydrogen-bond donors (Lipinski definition) is 2. The molecule has 118 valence electrons. The van der Waals surface area contributed by atoms with Crippen LogP contribution in [0, 0.1) is 6.92 Å². The second-order valence-corrected chi connectivity index (χ2v) is 6.50. The highest BCUT2D eigenvalue weighted by Crippen LogP contribution is 2.33. The van der Waals surface area contributed by atoms with Crippen molar-refractivity contribution in [3.8, 4) is 0 Å². The van der Waals surface area contributed by atoms with Crippen LogP contribution in [0.2, 0.25) is 0 Å². The number of pyridine rings is 1. The van der Waals surface area contributed by atoms with Gasteiger partial charge in [-0.05, 0) is 31.9 Å². The van der Waals surface area contributed by atoms with Crippen LogP contribution in [0.5, 0.6) is 0 Å². The molecule has 0 radical (unpaired) electrons. The van der Waals surface area contributed by atoms with Crippen molar-refractivity contribution in [1.82, 2.24) is 15.3 Å².